The van der Waals surface area contributed by atoms with Crippen LogP contribution < -0.4 is 4.90 Å². The Morgan fingerprint density at radius 2 is 1.81 bits per heavy atom. The number of phenolic OH excluding ortho intramolecular Hbond substituents is 1. The lowest BCUT2D eigenvalue weighted by molar-refractivity contribution is 0.477. The van der Waals surface area contributed by atoms with E-state index in [1.807, 2.05) is 18.2 Å². The zero-order chi connectivity index (χ0) is 21.7. The van der Waals surface area contributed by atoms with Gasteiger partial charge in [-0.1, -0.05) is 30.3 Å². The lowest BCUT2D eigenvalue weighted by Crippen LogP contribution is -2.24. The second-order valence-electron chi connectivity index (χ2n) is 8.21. The van der Waals surface area contributed by atoms with Crippen molar-refractivity contribution in [3.05, 3.63) is 84.3 Å². The van der Waals surface area contributed by atoms with E-state index in [1.165, 1.54) is 17.5 Å². The van der Waals surface area contributed by atoms with Crippen molar-refractivity contribution in [1.82, 2.24) is 15.0 Å². The van der Waals surface area contributed by atoms with E-state index in [0.717, 1.165) is 30.6 Å². The molecule has 0 bridgehead atoms. The number of phenols is 1. The van der Waals surface area contributed by atoms with Gasteiger partial charge in [-0.05, 0) is 60.7 Å². The molecule has 5 nitrogen and oxygen atoms in total. The number of rotatable bonds is 3. The Balaban J connectivity index is 1.53. The molecule has 1 saturated heterocycles. The molecule has 0 aliphatic carbocycles. The Labute approximate surface area is 184 Å². The molecule has 6 rings (SSSR count). The van der Waals surface area contributed by atoms with Crippen molar-refractivity contribution in [3.63, 3.8) is 0 Å². The maximum Gasteiger partial charge on any atom is 0.165 e. The van der Waals surface area contributed by atoms with Crippen molar-refractivity contribution in [1.29, 1.82) is 0 Å². The van der Waals surface area contributed by atoms with Crippen LogP contribution in [0.3, 0.4) is 0 Å². The van der Waals surface area contributed by atoms with Crippen LogP contribution in [-0.4, -0.2) is 26.6 Å². The summed E-state index contributed by atoms with van der Waals surface area (Å²) in [6.45, 7) is 0.808. The molecule has 32 heavy (non-hydrogen) atoms. The third-order valence-corrected chi connectivity index (χ3v) is 6.22. The van der Waals surface area contributed by atoms with Gasteiger partial charge in [0, 0.05) is 23.1 Å². The fourth-order valence-electron chi connectivity index (χ4n) is 4.71. The van der Waals surface area contributed by atoms with E-state index >= 15 is 0 Å². The molecule has 3 heterocycles. The number of nitrogens with one attached hydrogen (secondary N) is 1. The van der Waals surface area contributed by atoms with Gasteiger partial charge >= 0.3 is 0 Å². The molecule has 5 aromatic rings. The molecule has 0 spiro atoms. The number of hydrogen-bond donors (Lipinski definition) is 2. The molecule has 0 amide bonds. The van der Waals surface area contributed by atoms with Gasteiger partial charge < -0.3 is 15.0 Å². The van der Waals surface area contributed by atoms with Gasteiger partial charge in [0.15, 0.2) is 5.82 Å². The molecular weight excluding hydrogens is 403 g/mol. The summed E-state index contributed by atoms with van der Waals surface area (Å²) in [5.41, 5.74) is 3.43. The highest BCUT2D eigenvalue weighted by Gasteiger charge is 2.30. The van der Waals surface area contributed by atoms with E-state index in [9.17, 15) is 9.50 Å². The zero-order valence-electron chi connectivity index (χ0n) is 17.3. The number of para-hydroxylation sites is 2. The average Bonchev–Trinajstić information content (AvgIpc) is 3.45. The minimum Gasteiger partial charge on any atom is -0.507 e. The molecule has 1 atom stereocenters. The van der Waals surface area contributed by atoms with Crippen LogP contribution in [0.25, 0.3) is 33.2 Å². The maximum absolute atomic E-state index is 14.2. The van der Waals surface area contributed by atoms with Crippen molar-refractivity contribution in [3.8, 4) is 17.1 Å². The van der Waals surface area contributed by atoms with Gasteiger partial charge in [0.05, 0.1) is 17.1 Å². The first-order chi connectivity index (χ1) is 15.7. The molecule has 6 heteroatoms. The highest BCUT2D eigenvalue weighted by atomic mass is 19.1. The quantitative estimate of drug-likeness (QED) is 0.375. The molecule has 0 radical (unpaired) electrons. The van der Waals surface area contributed by atoms with E-state index in [1.54, 1.807) is 24.3 Å². The van der Waals surface area contributed by atoms with Gasteiger partial charge in [0.2, 0.25) is 0 Å². The van der Waals surface area contributed by atoms with Crippen LogP contribution in [0, 0.1) is 5.82 Å². The van der Waals surface area contributed by atoms with E-state index in [-0.39, 0.29) is 17.6 Å². The number of H-pyrrole nitrogens is 1. The van der Waals surface area contributed by atoms with Gasteiger partial charge in [0.1, 0.15) is 17.4 Å². The number of aromatic hydroxyl groups is 1. The predicted molar refractivity (Wildman–Crippen MR) is 124 cm³/mol. The summed E-state index contributed by atoms with van der Waals surface area (Å²) in [5, 5.41) is 12.2. The number of anilines is 1. The zero-order valence-corrected chi connectivity index (χ0v) is 17.3. The number of halogens is 1. The van der Waals surface area contributed by atoms with Crippen LogP contribution >= 0.6 is 0 Å². The molecule has 1 unspecified atom stereocenters. The van der Waals surface area contributed by atoms with Gasteiger partial charge in [-0.25, -0.2) is 14.4 Å². The van der Waals surface area contributed by atoms with Crippen molar-refractivity contribution in [2.75, 3.05) is 11.4 Å². The van der Waals surface area contributed by atoms with Crippen LogP contribution in [0.1, 0.15) is 24.6 Å². The van der Waals surface area contributed by atoms with Gasteiger partial charge in [-0.2, -0.15) is 0 Å². The number of hydrogen-bond acceptors (Lipinski definition) is 4. The molecule has 1 aliphatic rings. The summed E-state index contributed by atoms with van der Waals surface area (Å²) in [6, 6.07) is 22.1. The number of fused-ring (bicyclic) bond motifs is 2. The van der Waals surface area contributed by atoms with E-state index in [2.05, 4.69) is 33.1 Å². The summed E-state index contributed by atoms with van der Waals surface area (Å²) in [4.78, 5) is 15.3. The third-order valence-electron chi connectivity index (χ3n) is 6.22. The minimum atomic E-state index is -0.320. The number of benzene rings is 3. The molecular formula is C26H21FN4O. The third kappa shape index (κ3) is 3.07. The van der Waals surface area contributed by atoms with Crippen LogP contribution in [0.15, 0.2) is 72.8 Å². The Bertz CT molecular complexity index is 1430. The SMILES string of the molecule is Oc1ccccc1-c1nc(N2CCCC2c2cc3ccccc3[nH]2)c2cc(F)ccc2n1. The minimum absolute atomic E-state index is 0.0981. The predicted octanol–water partition coefficient (Wildman–Crippen LogP) is 5.96. The fourth-order valence-corrected chi connectivity index (χ4v) is 4.71. The standard InChI is InChI=1S/C26H21FN4O/c27-17-11-12-21-19(15-17)26(30-25(29-21)18-7-2-4-10-24(18)32)31-13-5-9-23(31)22-14-16-6-1-3-8-20(16)28-22/h1-4,6-8,10-12,14-15,23,28,32H,5,9,13H2. The van der Waals surface area contributed by atoms with Crippen molar-refractivity contribution < 1.29 is 9.50 Å². The van der Waals surface area contributed by atoms with Crippen LogP contribution in [0.4, 0.5) is 10.2 Å². The first-order valence-corrected chi connectivity index (χ1v) is 10.8. The van der Waals surface area contributed by atoms with E-state index in [0.29, 0.717) is 28.1 Å². The molecule has 2 aromatic heterocycles. The first kappa shape index (κ1) is 18.8. The molecule has 3 aromatic carbocycles. The second kappa shape index (κ2) is 7.34. The molecule has 1 fully saturated rings. The highest BCUT2D eigenvalue weighted by Crippen LogP contribution is 2.40. The smallest absolute Gasteiger partial charge is 0.165 e. The van der Waals surface area contributed by atoms with Crippen LogP contribution in [-0.2, 0) is 0 Å². The number of nitrogens with zero attached hydrogens (tertiary/aromatic N) is 3. The molecule has 1 aliphatic heterocycles. The number of aromatic nitrogens is 3. The van der Waals surface area contributed by atoms with Crippen molar-refractivity contribution in [2.45, 2.75) is 18.9 Å². The first-order valence-electron chi connectivity index (χ1n) is 10.8. The largest absolute Gasteiger partial charge is 0.507 e. The fraction of sp³-hybridized carbons (Fsp3) is 0.154. The van der Waals surface area contributed by atoms with Gasteiger partial charge in [-0.3, -0.25) is 0 Å². The maximum atomic E-state index is 14.2. The van der Waals surface area contributed by atoms with E-state index in [4.69, 9.17) is 4.98 Å². The number of aromatic amines is 1. The summed E-state index contributed by atoms with van der Waals surface area (Å²) >= 11 is 0. The van der Waals surface area contributed by atoms with Crippen LogP contribution in [0.5, 0.6) is 5.75 Å². The summed E-state index contributed by atoms with van der Waals surface area (Å²) in [7, 11) is 0. The second-order valence-corrected chi connectivity index (χ2v) is 8.21. The average molecular weight is 424 g/mol. The highest BCUT2D eigenvalue weighted by molar-refractivity contribution is 5.92. The summed E-state index contributed by atoms with van der Waals surface area (Å²) in [6.07, 6.45) is 1.98. The molecule has 2 N–H and O–H groups in total. The Kier molecular flexibility index (Phi) is 4.31. The van der Waals surface area contributed by atoms with Gasteiger partial charge in [0.25, 0.3) is 0 Å². The van der Waals surface area contributed by atoms with Crippen LogP contribution in [0.2, 0.25) is 0 Å². The monoisotopic (exact) mass is 424 g/mol. The van der Waals surface area contributed by atoms with E-state index < -0.39 is 0 Å². The lowest BCUT2D eigenvalue weighted by Gasteiger charge is -2.26. The van der Waals surface area contributed by atoms with Crippen molar-refractivity contribution in [2.24, 2.45) is 0 Å². The van der Waals surface area contributed by atoms with Crippen molar-refractivity contribution >= 4 is 27.6 Å². The Morgan fingerprint density at radius 3 is 2.69 bits per heavy atom. The topological polar surface area (TPSA) is 65.0 Å². The summed E-state index contributed by atoms with van der Waals surface area (Å²) < 4.78 is 14.2. The Hall–Kier alpha value is -3.93. The normalized spacial score (nSPS) is 16.3. The Morgan fingerprint density at radius 1 is 0.969 bits per heavy atom. The summed E-state index contributed by atoms with van der Waals surface area (Å²) in [5.74, 6) is 0.918. The molecule has 0 saturated carbocycles. The molecule has 158 valence electrons. The van der Waals surface area contributed by atoms with Gasteiger partial charge in [-0.15, -0.1) is 0 Å². The lowest BCUT2D eigenvalue weighted by atomic mass is 10.1.